The Morgan fingerprint density at radius 1 is 0.971 bits per heavy atom. The third-order valence-corrected chi connectivity index (χ3v) is 5.99. The number of methoxy groups -OCH3 is 1. The summed E-state index contributed by atoms with van der Waals surface area (Å²) in [5.41, 5.74) is 1.88. The number of morpholine rings is 1. The fraction of sp³-hybridized carbons (Fsp3) is 0.259. The molecule has 180 valence electrons. The smallest absolute Gasteiger partial charge is 0.291 e. The van der Waals surface area contributed by atoms with Crippen LogP contribution in [0, 0.1) is 0 Å². The van der Waals surface area contributed by atoms with Crippen LogP contribution in [0.1, 0.15) is 22.7 Å². The van der Waals surface area contributed by atoms with E-state index in [4.69, 9.17) is 18.3 Å². The molecule has 1 saturated heterocycles. The highest BCUT2D eigenvalue weighted by Gasteiger charge is 2.27. The maximum Gasteiger partial charge on any atom is 0.291 e. The van der Waals surface area contributed by atoms with Gasteiger partial charge in [-0.3, -0.25) is 9.59 Å². The van der Waals surface area contributed by atoms with Gasteiger partial charge in [0, 0.05) is 36.9 Å². The molecule has 0 spiro atoms. The zero-order valence-electron chi connectivity index (χ0n) is 19.4. The molecular formula is C27H26N2O6. The molecule has 0 aliphatic carbocycles. The van der Waals surface area contributed by atoms with Crippen LogP contribution < -0.4 is 10.1 Å². The van der Waals surface area contributed by atoms with Gasteiger partial charge in [0.2, 0.25) is 11.7 Å². The second kappa shape index (κ2) is 10.1. The van der Waals surface area contributed by atoms with Crippen LogP contribution in [0.5, 0.6) is 5.75 Å². The van der Waals surface area contributed by atoms with E-state index >= 15 is 0 Å². The van der Waals surface area contributed by atoms with Crippen molar-refractivity contribution in [1.82, 2.24) is 4.90 Å². The van der Waals surface area contributed by atoms with Crippen molar-refractivity contribution in [2.75, 3.05) is 38.7 Å². The lowest BCUT2D eigenvalue weighted by Gasteiger charge is -2.26. The van der Waals surface area contributed by atoms with Gasteiger partial charge in [0.05, 0.1) is 20.3 Å². The Labute approximate surface area is 202 Å². The molecule has 4 aromatic rings. The van der Waals surface area contributed by atoms with E-state index in [1.165, 1.54) is 0 Å². The van der Waals surface area contributed by atoms with Gasteiger partial charge in [-0.25, -0.2) is 0 Å². The van der Waals surface area contributed by atoms with Gasteiger partial charge in [0.1, 0.15) is 28.5 Å². The van der Waals surface area contributed by atoms with Crippen LogP contribution in [-0.2, 0) is 16.0 Å². The van der Waals surface area contributed by atoms with E-state index in [0.717, 1.165) is 17.1 Å². The average molecular weight is 475 g/mol. The highest BCUT2D eigenvalue weighted by atomic mass is 16.5. The van der Waals surface area contributed by atoms with E-state index in [-0.39, 0.29) is 24.0 Å². The molecule has 1 N–H and O–H groups in total. The van der Waals surface area contributed by atoms with Crippen molar-refractivity contribution in [1.29, 1.82) is 0 Å². The number of carbonyl (C=O) groups excluding carboxylic acids is 2. The summed E-state index contributed by atoms with van der Waals surface area (Å²) >= 11 is 0. The predicted molar refractivity (Wildman–Crippen MR) is 131 cm³/mol. The first-order valence-corrected chi connectivity index (χ1v) is 11.5. The van der Waals surface area contributed by atoms with Gasteiger partial charge in [-0.1, -0.05) is 12.1 Å². The minimum atomic E-state index is -0.255. The van der Waals surface area contributed by atoms with Crippen LogP contribution in [0.25, 0.3) is 22.3 Å². The lowest BCUT2D eigenvalue weighted by Crippen LogP contribution is -2.40. The summed E-state index contributed by atoms with van der Waals surface area (Å²) in [7, 11) is 1.62. The number of anilines is 1. The number of hydrogen-bond acceptors (Lipinski definition) is 6. The molecule has 0 unspecified atom stereocenters. The van der Waals surface area contributed by atoms with Crippen LogP contribution in [-0.4, -0.2) is 50.1 Å². The van der Waals surface area contributed by atoms with Crippen molar-refractivity contribution in [3.63, 3.8) is 0 Å². The molecule has 0 bridgehead atoms. The molecule has 2 aromatic carbocycles. The average Bonchev–Trinajstić information content (AvgIpc) is 3.53. The summed E-state index contributed by atoms with van der Waals surface area (Å²) in [4.78, 5) is 27.7. The van der Waals surface area contributed by atoms with E-state index < -0.39 is 0 Å². The number of carbonyl (C=O) groups is 2. The van der Waals surface area contributed by atoms with Crippen LogP contribution in [0.4, 0.5) is 5.69 Å². The van der Waals surface area contributed by atoms with Gasteiger partial charge in [0.15, 0.2) is 0 Å². The third-order valence-electron chi connectivity index (χ3n) is 5.99. The second-order valence-corrected chi connectivity index (χ2v) is 8.25. The number of para-hydroxylation sites is 1. The van der Waals surface area contributed by atoms with Crippen molar-refractivity contribution in [2.24, 2.45) is 0 Å². The maximum atomic E-state index is 13.1. The van der Waals surface area contributed by atoms with Crippen LogP contribution in [0.3, 0.4) is 0 Å². The number of amides is 2. The Kier molecular flexibility index (Phi) is 6.54. The zero-order valence-corrected chi connectivity index (χ0v) is 19.4. The van der Waals surface area contributed by atoms with Gasteiger partial charge in [-0.15, -0.1) is 0 Å². The molecule has 1 aliphatic heterocycles. The van der Waals surface area contributed by atoms with E-state index in [2.05, 4.69) is 5.32 Å². The van der Waals surface area contributed by atoms with Crippen LogP contribution in [0.15, 0.2) is 69.5 Å². The number of hydrogen-bond donors (Lipinski definition) is 1. The number of benzene rings is 2. The van der Waals surface area contributed by atoms with Crippen LogP contribution in [0.2, 0.25) is 0 Å². The largest absolute Gasteiger partial charge is 0.497 e. The number of ether oxygens (including phenoxy) is 2. The van der Waals surface area contributed by atoms with Crippen molar-refractivity contribution < 1.29 is 27.9 Å². The lowest BCUT2D eigenvalue weighted by atomic mass is 10.1. The van der Waals surface area contributed by atoms with Crippen molar-refractivity contribution >= 4 is 28.5 Å². The minimum Gasteiger partial charge on any atom is -0.497 e. The molecule has 3 heterocycles. The molecule has 0 saturated carbocycles. The summed E-state index contributed by atoms with van der Waals surface area (Å²) in [6, 6.07) is 18.6. The molecule has 8 heteroatoms. The number of aryl methyl sites for hydroxylation is 1. The zero-order chi connectivity index (χ0) is 24.2. The van der Waals surface area contributed by atoms with Crippen molar-refractivity contribution in [3.8, 4) is 17.1 Å². The molecule has 0 atom stereocenters. The second-order valence-electron chi connectivity index (χ2n) is 8.25. The van der Waals surface area contributed by atoms with E-state index in [1.54, 1.807) is 18.1 Å². The van der Waals surface area contributed by atoms with Crippen molar-refractivity contribution in [2.45, 2.75) is 12.8 Å². The van der Waals surface area contributed by atoms with E-state index in [0.29, 0.717) is 55.1 Å². The fourth-order valence-electron chi connectivity index (χ4n) is 4.09. The van der Waals surface area contributed by atoms with Gasteiger partial charge in [0.25, 0.3) is 5.91 Å². The fourth-order valence-corrected chi connectivity index (χ4v) is 4.09. The molecular weight excluding hydrogens is 448 g/mol. The van der Waals surface area contributed by atoms with Crippen LogP contribution >= 0.6 is 0 Å². The maximum absolute atomic E-state index is 13.1. The Hall–Kier alpha value is -4.04. The van der Waals surface area contributed by atoms with Crippen molar-refractivity contribution in [3.05, 3.63) is 72.2 Å². The number of nitrogens with one attached hydrogen (secondary N) is 1. The third kappa shape index (κ3) is 4.93. The molecule has 0 radical (unpaired) electrons. The first kappa shape index (κ1) is 22.7. The normalized spacial score (nSPS) is 13.7. The number of fused-ring (bicyclic) bond motifs is 1. The minimum absolute atomic E-state index is 0.140. The summed E-state index contributed by atoms with van der Waals surface area (Å²) in [6.07, 6.45) is 0.616. The quantitative estimate of drug-likeness (QED) is 0.416. The predicted octanol–water partition coefficient (Wildman–Crippen LogP) is 4.75. The highest BCUT2D eigenvalue weighted by Crippen LogP contribution is 2.32. The Morgan fingerprint density at radius 3 is 2.51 bits per heavy atom. The van der Waals surface area contributed by atoms with Gasteiger partial charge in [-0.05, 0) is 48.5 Å². The Morgan fingerprint density at radius 2 is 1.74 bits per heavy atom. The summed E-state index contributed by atoms with van der Waals surface area (Å²) in [5.74, 6) is 1.86. The summed E-state index contributed by atoms with van der Waals surface area (Å²) < 4.78 is 22.3. The summed E-state index contributed by atoms with van der Waals surface area (Å²) in [6.45, 7) is 1.93. The lowest BCUT2D eigenvalue weighted by molar-refractivity contribution is -0.116. The molecule has 5 rings (SSSR count). The Balaban J connectivity index is 1.28. The first-order chi connectivity index (χ1) is 17.1. The monoisotopic (exact) mass is 474 g/mol. The summed E-state index contributed by atoms with van der Waals surface area (Å²) in [5, 5.41) is 3.60. The van der Waals surface area contributed by atoms with Gasteiger partial charge >= 0.3 is 0 Å². The van der Waals surface area contributed by atoms with E-state index in [1.807, 2.05) is 54.6 Å². The molecule has 8 nitrogen and oxygen atoms in total. The first-order valence-electron chi connectivity index (χ1n) is 11.5. The standard InChI is InChI=1S/C27H26N2O6/c1-32-19-8-6-18(7-9-19)22-12-10-20(34-22)11-13-24(30)28-25-21-4-2-3-5-23(21)35-26(25)27(31)29-14-16-33-17-15-29/h2-10,12H,11,13-17H2,1H3,(H,28,30). The SMILES string of the molecule is COc1ccc(-c2ccc(CCC(=O)Nc3c(C(=O)N4CCOCC4)oc4ccccc34)o2)cc1. The highest BCUT2D eigenvalue weighted by molar-refractivity contribution is 6.10. The molecule has 1 fully saturated rings. The number of rotatable bonds is 7. The molecule has 1 aliphatic rings. The Bertz CT molecular complexity index is 1330. The molecule has 2 amide bonds. The van der Waals surface area contributed by atoms with Gasteiger partial charge in [-0.2, -0.15) is 0 Å². The number of furan rings is 2. The molecule has 35 heavy (non-hydrogen) atoms. The number of nitrogens with zero attached hydrogens (tertiary/aromatic N) is 1. The topological polar surface area (TPSA) is 94.2 Å². The molecule has 2 aromatic heterocycles. The van der Waals surface area contributed by atoms with E-state index in [9.17, 15) is 9.59 Å². The van der Waals surface area contributed by atoms with Gasteiger partial charge < -0.3 is 28.5 Å².